The monoisotopic (exact) mass is 355 g/mol. The predicted octanol–water partition coefficient (Wildman–Crippen LogP) is 1.82. The Hall–Kier alpha value is -2.27. The molecule has 2 heterocycles. The zero-order valence-electron chi connectivity index (χ0n) is 13.6. The molecule has 1 saturated heterocycles. The second kappa shape index (κ2) is 5.92. The fraction of sp³-hybridized carbons (Fsp3) is 0.333. The number of aryl methyl sites for hydroxylation is 1. The topological polar surface area (TPSA) is 83.3 Å². The predicted molar refractivity (Wildman–Crippen MR) is 90.1 cm³/mol. The first-order chi connectivity index (χ1) is 12.1. The minimum absolute atomic E-state index is 0.0409. The van der Waals surface area contributed by atoms with Crippen molar-refractivity contribution >= 4 is 10.0 Å². The van der Waals surface area contributed by atoms with Crippen LogP contribution in [-0.2, 0) is 26.8 Å². The number of nitriles is 1. The second-order valence-corrected chi connectivity index (χ2v) is 8.21. The van der Waals surface area contributed by atoms with Gasteiger partial charge in [-0.25, -0.2) is 13.4 Å². The maximum Gasteiger partial charge on any atom is 0.246 e. The van der Waals surface area contributed by atoms with Crippen molar-refractivity contribution in [2.75, 3.05) is 19.7 Å². The van der Waals surface area contributed by atoms with E-state index in [1.807, 2.05) is 24.3 Å². The van der Waals surface area contributed by atoms with Gasteiger partial charge < -0.3 is 4.74 Å². The molecule has 0 bridgehead atoms. The highest BCUT2D eigenvalue weighted by atomic mass is 32.2. The summed E-state index contributed by atoms with van der Waals surface area (Å²) in [5.41, 5.74) is 1.61. The summed E-state index contributed by atoms with van der Waals surface area (Å²) in [7, 11) is -3.80. The standard InChI is InChI=1S/C18H17N3O3S/c19-12-16-17(6-3-9-20-16)25(22,23)21-10-11-24-18(13-21)8-7-14-4-1-2-5-15(14)18/h1-6,9H,7-8,10-11,13H2. The summed E-state index contributed by atoms with van der Waals surface area (Å²) in [5, 5.41) is 9.20. The third-order valence-electron chi connectivity index (χ3n) is 4.95. The Morgan fingerprint density at radius 3 is 2.92 bits per heavy atom. The minimum Gasteiger partial charge on any atom is -0.368 e. The van der Waals surface area contributed by atoms with Gasteiger partial charge >= 0.3 is 0 Å². The van der Waals surface area contributed by atoms with Gasteiger partial charge in [-0.05, 0) is 36.1 Å². The minimum atomic E-state index is -3.80. The van der Waals surface area contributed by atoms with Crippen LogP contribution in [0.4, 0.5) is 0 Å². The van der Waals surface area contributed by atoms with Crippen LogP contribution in [0.15, 0.2) is 47.5 Å². The van der Waals surface area contributed by atoms with E-state index >= 15 is 0 Å². The van der Waals surface area contributed by atoms with Crippen molar-refractivity contribution in [1.29, 1.82) is 5.26 Å². The van der Waals surface area contributed by atoms with E-state index in [0.29, 0.717) is 6.61 Å². The molecule has 128 valence electrons. The third kappa shape index (κ3) is 2.54. The quantitative estimate of drug-likeness (QED) is 0.820. The lowest BCUT2D eigenvalue weighted by Crippen LogP contribution is -2.51. The first-order valence-electron chi connectivity index (χ1n) is 8.14. The highest BCUT2D eigenvalue weighted by Gasteiger charge is 2.46. The van der Waals surface area contributed by atoms with Gasteiger partial charge in [-0.15, -0.1) is 0 Å². The van der Waals surface area contributed by atoms with Crippen LogP contribution in [-0.4, -0.2) is 37.4 Å². The van der Waals surface area contributed by atoms with E-state index in [1.165, 1.54) is 28.2 Å². The lowest BCUT2D eigenvalue weighted by Gasteiger charge is -2.40. The molecule has 6 nitrogen and oxygen atoms in total. The smallest absolute Gasteiger partial charge is 0.246 e. The first-order valence-corrected chi connectivity index (χ1v) is 9.58. The van der Waals surface area contributed by atoms with Crippen molar-refractivity contribution in [1.82, 2.24) is 9.29 Å². The molecule has 4 rings (SSSR count). The molecule has 0 saturated carbocycles. The van der Waals surface area contributed by atoms with Crippen LogP contribution in [0.3, 0.4) is 0 Å². The lowest BCUT2D eigenvalue weighted by atomic mass is 9.94. The summed E-state index contributed by atoms with van der Waals surface area (Å²) in [6.07, 6.45) is 3.06. The molecular formula is C18H17N3O3S. The molecule has 1 aromatic carbocycles. The number of nitrogens with zero attached hydrogens (tertiary/aromatic N) is 3. The van der Waals surface area contributed by atoms with Crippen molar-refractivity contribution in [3.05, 3.63) is 59.4 Å². The number of aromatic nitrogens is 1. The largest absolute Gasteiger partial charge is 0.368 e. The number of ether oxygens (including phenoxy) is 1. The van der Waals surface area contributed by atoms with E-state index in [9.17, 15) is 13.7 Å². The molecule has 1 spiro atoms. The van der Waals surface area contributed by atoms with E-state index in [4.69, 9.17) is 4.74 Å². The van der Waals surface area contributed by atoms with Crippen LogP contribution >= 0.6 is 0 Å². The van der Waals surface area contributed by atoms with Crippen molar-refractivity contribution in [3.8, 4) is 6.07 Å². The van der Waals surface area contributed by atoms with E-state index in [1.54, 1.807) is 0 Å². The average molecular weight is 355 g/mol. The van der Waals surface area contributed by atoms with Crippen LogP contribution in [0, 0.1) is 11.3 Å². The number of fused-ring (bicyclic) bond motifs is 2. The molecule has 2 aromatic rings. The molecule has 25 heavy (non-hydrogen) atoms. The molecule has 0 radical (unpaired) electrons. The van der Waals surface area contributed by atoms with Gasteiger partial charge in [0.1, 0.15) is 16.6 Å². The zero-order chi connectivity index (χ0) is 17.5. The van der Waals surface area contributed by atoms with E-state index in [2.05, 4.69) is 11.1 Å². The van der Waals surface area contributed by atoms with E-state index in [-0.39, 0.29) is 23.7 Å². The fourth-order valence-corrected chi connectivity index (χ4v) is 5.31. The van der Waals surface area contributed by atoms with Crippen molar-refractivity contribution in [2.45, 2.75) is 23.3 Å². The van der Waals surface area contributed by atoms with Crippen LogP contribution in [0.1, 0.15) is 23.2 Å². The normalized spacial score (nSPS) is 23.3. The molecule has 1 fully saturated rings. The van der Waals surface area contributed by atoms with Gasteiger partial charge in [0.2, 0.25) is 10.0 Å². The summed E-state index contributed by atoms with van der Waals surface area (Å²) >= 11 is 0. The molecule has 1 aromatic heterocycles. The Morgan fingerprint density at radius 1 is 1.24 bits per heavy atom. The number of morpholine rings is 1. The van der Waals surface area contributed by atoms with Crippen molar-refractivity contribution in [2.24, 2.45) is 0 Å². The number of pyridine rings is 1. The highest BCUT2D eigenvalue weighted by Crippen LogP contribution is 2.43. The molecule has 0 amide bonds. The van der Waals surface area contributed by atoms with Crippen molar-refractivity contribution in [3.63, 3.8) is 0 Å². The number of benzene rings is 1. The molecule has 2 aliphatic rings. The zero-order valence-corrected chi connectivity index (χ0v) is 14.4. The Labute approximate surface area is 146 Å². The van der Waals surface area contributed by atoms with Crippen LogP contribution < -0.4 is 0 Å². The Balaban J connectivity index is 1.72. The van der Waals surface area contributed by atoms with Crippen LogP contribution in [0.2, 0.25) is 0 Å². The van der Waals surface area contributed by atoms with Gasteiger partial charge in [0.05, 0.1) is 6.61 Å². The van der Waals surface area contributed by atoms with Gasteiger partial charge in [-0.2, -0.15) is 9.57 Å². The average Bonchev–Trinajstić information content (AvgIpc) is 3.00. The molecule has 7 heteroatoms. The van der Waals surface area contributed by atoms with Gasteiger partial charge in [-0.1, -0.05) is 24.3 Å². The van der Waals surface area contributed by atoms with Gasteiger partial charge in [0.15, 0.2) is 5.69 Å². The summed E-state index contributed by atoms with van der Waals surface area (Å²) in [6.45, 7) is 0.855. The van der Waals surface area contributed by atoms with Gasteiger partial charge in [-0.3, -0.25) is 0 Å². The maximum atomic E-state index is 13.1. The Morgan fingerprint density at radius 2 is 2.08 bits per heavy atom. The molecule has 1 aliphatic carbocycles. The third-order valence-corrected chi connectivity index (χ3v) is 6.83. The second-order valence-electron chi connectivity index (χ2n) is 6.30. The maximum absolute atomic E-state index is 13.1. The number of rotatable bonds is 2. The summed E-state index contributed by atoms with van der Waals surface area (Å²) in [6, 6.07) is 12.9. The molecule has 1 aliphatic heterocycles. The highest BCUT2D eigenvalue weighted by molar-refractivity contribution is 7.89. The number of hydrogen-bond acceptors (Lipinski definition) is 5. The summed E-state index contributed by atoms with van der Waals surface area (Å²) < 4.78 is 33.7. The summed E-state index contributed by atoms with van der Waals surface area (Å²) in [5.74, 6) is 0. The molecule has 1 atom stereocenters. The van der Waals surface area contributed by atoms with Crippen LogP contribution in [0.5, 0.6) is 0 Å². The van der Waals surface area contributed by atoms with Crippen molar-refractivity contribution < 1.29 is 13.2 Å². The molecular weight excluding hydrogens is 338 g/mol. The van der Waals surface area contributed by atoms with Crippen LogP contribution in [0.25, 0.3) is 0 Å². The fourth-order valence-electron chi connectivity index (χ4n) is 3.75. The number of sulfonamides is 1. The molecule has 0 N–H and O–H groups in total. The summed E-state index contributed by atoms with van der Waals surface area (Å²) in [4.78, 5) is 3.84. The van der Waals surface area contributed by atoms with Gasteiger partial charge in [0.25, 0.3) is 0 Å². The number of hydrogen-bond donors (Lipinski definition) is 0. The Bertz CT molecular complexity index is 964. The van der Waals surface area contributed by atoms with E-state index < -0.39 is 15.6 Å². The molecule has 1 unspecified atom stereocenters. The van der Waals surface area contributed by atoms with E-state index in [0.717, 1.165) is 18.4 Å². The SMILES string of the molecule is N#Cc1ncccc1S(=O)(=O)N1CCOC2(CCc3ccccc32)C1. The lowest BCUT2D eigenvalue weighted by molar-refractivity contribution is -0.0933. The first kappa shape index (κ1) is 16.2. The van der Waals surface area contributed by atoms with Gasteiger partial charge in [0, 0.05) is 19.3 Å². The Kier molecular flexibility index (Phi) is 3.84.